The zero-order chi connectivity index (χ0) is 20.0. The lowest BCUT2D eigenvalue weighted by Crippen LogP contribution is -2.44. The Morgan fingerprint density at radius 3 is 2.86 bits per heavy atom. The molecule has 7 nitrogen and oxygen atoms in total. The van der Waals surface area contributed by atoms with Crippen LogP contribution in [-0.2, 0) is 0 Å². The van der Waals surface area contributed by atoms with Crippen LogP contribution in [0.3, 0.4) is 0 Å². The lowest BCUT2D eigenvalue weighted by atomic mass is 10.1. The maximum Gasteiger partial charge on any atom is 0.147 e. The number of hydrogen-bond acceptors (Lipinski definition) is 7. The summed E-state index contributed by atoms with van der Waals surface area (Å²) in [6, 6.07) is 6.35. The molecule has 3 aliphatic heterocycles. The Morgan fingerprint density at radius 2 is 2.14 bits per heavy atom. The van der Waals surface area contributed by atoms with Crippen molar-refractivity contribution in [1.82, 2.24) is 15.3 Å². The van der Waals surface area contributed by atoms with Crippen molar-refractivity contribution in [3.8, 4) is 0 Å². The van der Waals surface area contributed by atoms with Gasteiger partial charge in [-0.05, 0) is 19.3 Å². The standard InChI is InChI=1S/C20H24ClFN6O/c21-16-9-24-18(7-17(16)22)25-19-5-13(28-10-12-4-14(28)8-23-12)6-20(26-19)27-3-1-2-15(29)11-27/h5-7,9,12,14-15,23,29H,1-4,8,10-11H2,(H,24,25,26). The summed E-state index contributed by atoms with van der Waals surface area (Å²) < 4.78 is 13.8. The van der Waals surface area contributed by atoms with Gasteiger partial charge in [-0.15, -0.1) is 0 Å². The van der Waals surface area contributed by atoms with Crippen LogP contribution in [0.15, 0.2) is 24.4 Å². The Hall–Kier alpha value is -2.16. The molecule has 3 saturated heterocycles. The summed E-state index contributed by atoms with van der Waals surface area (Å²) in [6.45, 7) is 3.37. The van der Waals surface area contributed by atoms with E-state index >= 15 is 0 Å². The Kier molecular flexibility index (Phi) is 4.93. The van der Waals surface area contributed by atoms with Crippen LogP contribution in [0.1, 0.15) is 19.3 Å². The first-order valence-electron chi connectivity index (χ1n) is 10.1. The minimum Gasteiger partial charge on any atom is -0.391 e. The van der Waals surface area contributed by atoms with E-state index in [-0.39, 0.29) is 11.1 Å². The predicted molar refractivity (Wildman–Crippen MR) is 112 cm³/mol. The number of aromatic nitrogens is 2. The van der Waals surface area contributed by atoms with Gasteiger partial charge in [0.2, 0.25) is 0 Å². The number of nitrogens with one attached hydrogen (secondary N) is 2. The van der Waals surface area contributed by atoms with Crippen LogP contribution in [0.2, 0.25) is 5.02 Å². The molecule has 2 aromatic heterocycles. The number of piperidine rings is 1. The van der Waals surface area contributed by atoms with E-state index in [1.54, 1.807) is 0 Å². The smallest absolute Gasteiger partial charge is 0.147 e. The quantitative estimate of drug-likeness (QED) is 0.704. The minimum atomic E-state index is -0.525. The van der Waals surface area contributed by atoms with Crippen LogP contribution in [-0.4, -0.2) is 59.4 Å². The van der Waals surface area contributed by atoms with Crippen molar-refractivity contribution in [2.24, 2.45) is 0 Å². The van der Waals surface area contributed by atoms with Crippen LogP contribution in [0.25, 0.3) is 0 Å². The molecule has 3 unspecified atom stereocenters. The van der Waals surface area contributed by atoms with Crippen molar-refractivity contribution in [2.75, 3.05) is 41.3 Å². The van der Waals surface area contributed by atoms with Gasteiger partial charge in [0.25, 0.3) is 0 Å². The van der Waals surface area contributed by atoms with Crippen LogP contribution in [0, 0.1) is 5.82 Å². The molecule has 0 radical (unpaired) electrons. The van der Waals surface area contributed by atoms with E-state index in [4.69, 9.17) is 16.6 Å². The summed E-state index contributed by atoms with van der Waals surface area (Å²) in [5.41, 5.74) is 1.08. The monoisotopic (exact) mass is 418 g/mol. The van der Waals surface area contributed by atoms with Gasteiger partial charge >= 0.3 is 0 Å². The maximum atomic E-state index is 13.8. The molecule has 29 heavy (non-hydrogen) atoms. The summed E-state index contributed by atoms with van der Waals surface area (Å²) in [5.74, 6) is 1.24. The zero-order valence-electron chi connectivity index (χ0n) is 16.0. The molecular formula is C20H24ClFN6O. The average molecular weight is 419 g/mol. The fourth-order valence-electron chi connectivity index (χ4n) is 4.55. The first kappa shape index (κ1) is 18.8. The van der Waals surface area contributed by atoms with Gasteiger partial charge < -0.3 is 25.5 Å². The van der Waals surface area contributed by atoms with Gasteiger partial charge in [-0.25, -0.2) is 14.4 Å². The van der Waals surface area contributed by atoms with Crippen molar-refractivity contribution < 1.29 is 9.50 Å². The third-order valence-corrected chi connectivity index (χ3v) is 6.25. The lowest BCUT2D eigenvalue weighted by Gasteiger charge is -2.34. The van der Waals surface area contributed by atoms with E-state index in [2.05, 4.69) is 31.5 Å². The topological polar surface area (TPSA) is 76.6 Å². The van der Waals surface area contributed by atoms with Gasteiger partial charge in [0, 0.05) is 62.1 Å². The number of hydrogen-bond donors (Lipinski definition) is 3. The van der Waals surface area contributed by atoms with E-state index in [1.165, 1.54) is 12.3 Å². The molecule has 0 amide bonds. The highest BCUT2D eigenvalue weighted by molar-refractivity contribution is 6.30. The predicted octanol–water partition coefficient (Wildman–Crippen LogP) is 2.52. The Morgan fingerprint density at radius 1 is 1.24 bits per heavy atom. The molecule has 3 aliphatic rings. The molecule has 154 valence electrons. The summed E-state index contributed by atoms with van der Waals surface area (Å²) in [5, 5.41) is 16.7. The fraction of sp³-hybridized carbons (Fsp3) is 0.500. The van der Waals surface area contributed by atoms with Crippen molar-refractivity contribution in [2.45, 2.75) is 37.5 Å². The highest BCUT2D eigenvalue weighted by Gasteiger charge is 2.38. The highest BCUT2D eigenvalue weighted by Crippen LogP contribution is 2.34. The van der Waals surface area contributed by atoms with Crippen molar-refractivity contribution in [3.05, 3.63) is 35.2 Å². The highest BCUT2D eigenvalue weighted by atomic mass is 35.5. The van der Waals surface area contributed by atoms with Crippen molar-refractivity contribution >= 4 is 34.7 Å². The van der Waals surface area contributed by atoms with Gasteiger partial charge in [0.05, 0.1) is 17.3 Å². The number of nitrogens with zero attached hydrogens (tertiary/aromatic N) is 4. The number of fused-ring (bicyclic) bond motifs is 2. The Bertz CT molecular complexity index is 915. The van der Waals surface area contributed by atoms with Gasteiger partial charge in [-0.1, -0.05) is 11.6 Å². The first-order valence-corrected chi connectivity index (χ1v) is 10.5. The molecular weight excluding hydrogens is 395 g/mol. The van der Waals surface area contributed by atoms with Gasteiger partial charge in [0.15, 0.2) is 0 Å². The zero-order valence-corrected chi connectivity index (χ0v) is 16.7. The number of β-amino-alcohol motifs (C(OH)–C–C–N with tert-alkyl or cyclic N) is 1. The number of halogens is 2. The summed E-state index contributed by atoms with van der Waals surface area (Å²) >= 11 is 5.75. The molecule has 3 atom stereocenters. The second-order valence-corrected chi connectivity index (χ2v) is 8.47. The van der Waals surface area contributed by atoms with E-state index in [0.717, 1.165) is 50.4 Å². The summed E-state index contributed by atoms with van der Waals surface area (Å²) in [4.78, 5) is 13.4. The van der Waals surface area contributed by atoms with E-state index in [9.17, 15) is 9.50 Å². The number of aliphatic hydroxyl groups is 1. The molecule has 0 aromatic carbocycles. The fourth-order valence-corrected chi connectivity index (χ4v) is 4.65. The summed E-state index contributed by atoms with van der Waals surface area (Å²) in [6.07, 6.45) is 3.84. The molecule has 0 aliphatic carbocycles. The largest absolute Gasteiger partial charge is 0.391 e. The SMILES string of the molecule is OC1CCCN(c2cc(N3CC4CC3CN4)cc(Nc3cc(F)c(Cl)cn3)n2)C1. The second-order valence-electron chi connectivity index (χ2n) is 8.07. The molecule has 0 spiro atoms. The molecule has 5 rings (SSSR count). The third-order valence-electron chi connectivity index (χ3n) is 5.97. The van der Waals surface area contributed by atoms with E-state index in [0.29, 0.717) is 30.3 Å². The van der Waals surface area contributed by atoms with Gasteiger partial charge in [0.1, 0.15) is 23.3 Å². The Balaban J connectivity index is 1.48. The van der Waals surface area contributed by atoms with E-state index < -0.39 is 5.82 Å². The Labute approximate surface area is 173 Å². The molecule has 5 heterocycles. The first-order chi connectivity index (χ1) is 14.0. The van der Waals surface area contributed by atoms with E-state index in [1.807, 2.05) is 6.07 Å². The number of piperazine rings is 1. The minimum absolute atomic E-state index is 0.0131. The molecule has 3 N–H and O–H groups in total. The lowest BCUT2D eigenvalue weighted by molar-refractivity contribution is 0.154. The normalized spacial score (nSPS) is 26.2. The molecule has 2 bridgehead atoms. The molecule has 3 fully saturated rings. The number of pyridine rings is 2. The van der Waals surface area contributed by atoms with Crippen molar-refractivity contribution in [3.63, 3.8) is 0 Å². The maximum absolute atomic E-state index is 13.8. The molecule has 9 heteroatoms. The average Bonchev–Trinajstić information content (AvgIpc) is 3.34. The number of rotatable bonds is 4. The third kappa shape index (κ3) is 3.84. The molecule has 0 saturated carbocycles. The van der Waals surface area contributed by atoms with Crippen LogP contribution < -0.4 is 20.4 Å². The van der Waals surface area contributed by atoms with Crippen molar-refractivity contribution in [1.29, 1.82) is 0 Å². The van der Waals surface area contributed by atoms with Crippen LogP contribution >= 0.6 is 11.6 Å². The summed E-state index contributed by atoms with van der Waals surface area (Å²) in [7, 11) is 0. The number of aliphatic hydroxyl groups excluding tert-OH is 1. The van der Waals surface area contributed by atoms with Gasteiger partial charge in [-0.2, -0.15) is 0 Å². The second kappa shape index (κ2) is 7.59. The number of anilines is 4. The van der Waals surface area contributed by atoms with Crippen LogP contribution in [0.4, 0.5) is 27.5 Å². The van der Waals surface area contributed by atoms with Gasteiger partial charge in [-0.3, -0.25) is 0 Å². The molecule has 2 aromatic rings. The van der Waals surface area contributed by atoms with Crippen LogP contribution in [0.5, 0.6) is 0 Å².